The summed E-state index contributed by atoms with van der Waals surface area (Å²) in [7, 11) is 3.54. The zero-order chi connectivity index (χ0) is 17.0. The second-order valence-electron chi connectivity index (χ2n) is 4.86. The van der Waals surface area contributed by atoms with Crippen LogP contribution in [-0.2, 0) is 6.18 Å². The topological polar surface area (TPSA) is 21.7 Å². The fraction of sp³-hybridized carbons (Fsp3) is 0.188. The van der Waals surface area contributed by atoms with Gasteiger partial charge in [-0.1, -0.05) is 0 Å². The SMILES string of the molecule is CN(C)C(=S)Oc1ccc(Oc2ccc(C(F)(F)F)cc2)cc1. The number of benzene rings is 2. The van der Waals surface area contributed by atoms with E-state index in [1.165, 1.54) is 12.1 Å². The van der Waals surface area contributed by atoms with Gasteiger partial charge < -0.3 is 14.4 Å². The van der Waals surface area contributed by atoms with Gasteiger partial charge in [0.15, 0.2) is 0 Å². The zero-order valence-electron chi connectivity index (χ0n) is 12.4. The lowest BCUT2D eigenvalue weighted by molar-refractivity contribution is -0.137. The molecule has 0 radical (unpaired) electrons. The highest BCUT2D eigenvalue weighted by Gasteiger charge is 2.30. The van der Waals surface area contributed by atoms with E-state index < -0.39 is 11.7 Å². The lowest BCUT2D eigenvalue weighted by Gasteiger charge is -2.14. The maximum atomic E-state index is 12.5. The highest BCUT2D eigenvalue weighted by atomic mass is 32.1. The summed E-state index contributed by atoms with van der Waals surface area (Å²) in [5.41, 5.74) is -0.717. The van der Waals surface area contributed by atoms with Gasteiger partial charge in [0, 0.05) is 14.1 Å². The first-order valence-corrected chi connectivity index (χ1v) is 7.01. The van der Waals surface area contributed by atoms with Crippen molar-refractivity contribution in [1.82, 2.24) is 4.90 Å². The molecule has 0 aromatic heterocycles. The van der Waals surface area contributed by atoms with Crippen molar-refractivity contribution in [2.75, 3.05) is 14.1 Å². The van der Waals surface area contributed by atoms with Crippen LogP contribution in [0.15, 0.2) is 48.5 Å². The van der Waals surface area contributed by atoms with Gasteiger partial charge in [0.1, 0.15) is 17.2 Å². The Morgan fingerprint density at radius 3 is 1.74 bits per heavy atom. The van der Waals surface area contributed by atoms with Crippen LogP contribution >= 0.6 is 12.2 Å². The van der Waals surface area contributed by atoms with Crippen molar-refractivity contribution in [3.63, 3.8) is 0 Å². The molecule has 2 rings (SSSR count). The number of hydrogen-bond acceptors (Lipinski definition) is 3. The van der Waals surface area contributed by atoms with E-state index in [0.29, 0.717) is 22.4 Å². The van der Waals surface area contributed by atoms with Crippen LogP contribution in [0.2, 0.25) is 0 Å². The Morgan fingerprint density at radius 1 is 0.870 bits per heavy atom. The van der Waals surface area contributed by atoms with Gasteiger partial charge in [0.25, 0.3) is 5.17 Å². The molecule has 23 heavy (non-hydrogen) atoms. The quantitative estimate of drug-likeness (QED) is 0.753. The Balaban J connectivity index is 2.02. The van der Waals surface area contributed by atoms with Gasteiger partial charge in [-0.2, -0.15) is 13.2 Å². The molecular weight excluding hydrogens is 327 g/mol. The van der Waals surface area contributed by atoms with Crippen molar-refractivity contribution < 1.29 is 22.6 Å². The molecule has 0 fully saturated rings. The van der Waals surface area contributed by atoms with Crippen LogP contribution < -0.4 is 9.47 Å². The van der Waals surface area contributed by atoms with Gasteiger partial charge in [-0.05, 0) is 60.7 Å². The zero-order valence-corrected chi connectivity index (χ0v) is 13.2. The van der Waals surface area contributed by atoms with Crippen molar-refractivity contribution in [3.05, 3.63) is 54.1 Å². The Labute approximate surface area is 137 Å². The lowest BCUT2D eigenvalue weighted by Crippen LogP contribution is -2.24. The average molecular weight is 341 g/mol. The summed E-state index contributed by atoms with van der Waals surface area (Å²) in [5.74, 6) is 1.34. The standard InChI is InChI=1S/C16H14F3NO2S/c1-20(2)15(23)22-14-9-7-13(8-10-14)21-12-5-3-11(4-6-12)16(17,18)19/h3-10H,1-2H3. The van der Waals surface area contributed by atoms with E-state index in [4.69, 9.17) is 21.7 Å². The van der Waals surface area contributed by atoms with Crippen LogP contribution in [0.5, 0.6) is 17.2 Å². The number of rotatable bonds is 3. The number of halogens is 3. The molecule has 2 aromatic rings. The van der Waals surface area contributed by atoms with Crippen molar-refractivity contribution in [1.29, 1.82) is 0 Å². The number of nitrogens with zero attached hydrogens (tertiary/aromatic N) is 1. The summed E-state index contributed by atoms with van der Waals surface area (Å²) in [6.45, 7) is 0. The lowest BCUT2D eigenvalue weighted by atomic mass is 10.2. The second-order valence-corrected chi connectivity index (χ2v) is 5.21. The smallest absolute Gasteiger partial charge is 0.416 e. The van der Waals surface area contributed by atoms with Crippen molar-refractivity contribution >= 4 is 17.4 Å². The molecule has 0 aliphatic carbocycles. The molecule has 0 spiro atoms. The Kier molecular flexibility index (Phi) is 5.10. The fourth-order valence-corrected chi connectivity index (χ4v) is 1.71. The minimum atomic E-state index is -4.36. The van der Waals surface area contributed by atoms with Crippen molar-refractivity contribution in [3.8, 4) is 17.2 Å². The molecule has 0 saturated carbocycles. The van der Waals surface area contributed by atoms with Gasteiger partial charge in [-0.3, -0.25) is 0 Å². The van der Waals surface area contributed by atoms with Crippen LogP contribution in [0.25, 0.3) is 0 Å². The minimum Gasteiger partial charge on any atom is -0.457 e. The van der Waals surface area contributed by atoms with E-state index in [1.807, 2.05) is 0 Å². The molecule has 0 N–H and O–H groups in total. The molecule has 0 bridgehead atoms. The molecular formula is C16H14F3NO2S. The fourth-order valence-electron chi connectivity index (χ4n) is 1.62. The molecule has 0 heterocycles. The summed E-state index contributed by atoms with van der Waals surface area (Å²) in [5, 5.41) is 0.321. The average Bonchev–Trinajstić information content (AvgIpc) is 2.49. The molecule has 0 aliphatic rings. The van der Waals surface area contributed by atoms with Crippen molar-refractivity contribution in [2.24, 2.45) is 0 Å². The number of ether oxygens (including phenoxy) is 2. The van der Waals surface area contributed by atoms with Crippen molar-refractivity contribution in [2.45, 2.75) is 6.18 Å². The monoisotopic (exact) mass is 341 g/mol. The van der Waals surface area contributed by atoms with E-state index in [2.05, 4.69) is 0 Å². The number of alkyl halides is 3. The van der Waals surface area contributed by atoms with Crippen LogP contribution in [0.1, 0.15) is 5.56 Å². The third-order valence-corrected chi connectivity index (χ3v) is 3.26. The van der Waals surface area contributed by atoms with E-state index in [-0.39, 0.29) is 0 Å². The number of thiocarbonyl (C=S) groups is 1. The summed E-state index contributed by atoms with van der Waals surface area (Å²) < 4.78 is 48.3. The summed E-state index contributed by atoms with van der Waals surface area (Å²) >= 11 is 5.02. The molecule has 3 nitrogen and oxygen atoms in total. The first-order valence-electron chi connectivity index (χ1n) is 6.60. The molecule has 0 unspecified atom stereocenters. The van der Waals surface area contributed by atoms with Crippen LogP contribution in [0, 0.1) is 0 Å². The maximum absolute atomic E-state index is 12.5. The predicted octanol–water partition coefficient (Wildman–Crippen LogP) is 4.72. The van der Waals surface area contributed by atoms with Crippen LogP contribution in [0.3, 0.4) is 0 Å². The number of hydrogen-bond donors (Lipinski definition) is 0. The normalized spacial score (nSPS) is 11.0. The first-order chi connectivity index (χ1) is 10.8. The second kappa shape index (κ2) is 6.87. The maximum Gasteiger partial charge on any atom is 0.416 e. The van der Waals surface area contributed by atoms with Gasteiger partial charge in [-0.15, -0.1) is 0 Å². The Hall–Kier alpha value is -2.28. The molecule has 0 amide bonds. The molecule has 122 valence electrons. The third kappa shape index (κ3) is 4.85. The van der Waals surface area contributed by atoms with E-state index in [9.17, 15) is 13.2 Å². The van der Waals surface area contributed by atoms with Crippen LogP contribution in [0.4, 0.5) is 13.2 Å². The van der Waals surface area contributed by atoms with Crippen LogP contribution in [-0.4, -0.2) is 24.2 Å². The largest absolute Gasteiger partial charge is 0.457 e. The highest BCUT2D eigenvalue weighted by Crippen LogP contribution is 2.31. The Morgan fingerprint density at radius 2 is 1.30 bits per heavy atom. The molecule has 0 saturated heterocycles. The van der Waals surface area contributed by atoms with E-state index >= 15 is 0 Å². The van der Waals surface area contributed by atoms with Gasteiger partial charge in [0.2, 0.25) is 0 Å². The summed E-state index contributed by atoms with van der Waals surface area (Å²) in [6, 6.07) is 11.1. The van der Waals surface area contributed by atoms with E-state index in [1.54, 1.807) is 43.3 Å². The summed E-state index contributed by atoms with van der Waals surface area (Å²) in [4.78, 5) is 1.65. The molecule has 7 heteroatoms. The highest BCUT2D eigenvalue weighted by molar-refractivity contribution is 7.80. The summed E-state index contributed by atoms with van der Waals surface area (Å²) in [6.07, 6.45) is -4.36. The minimum absolute atomic E-state index is 0.315. The third-order valence-electron chi connectivity index (χ3n) is 2.81. The molecule has 0 aliphatic heterocycles. The predicted molar refractivity (Wildman–Crippen MR) is 84.9 cm³/mol. The van der Waals surface area contributed by atoms with E-state index in [0.717, 1.165) is 12.1 Å². The Bertz CT molecular complexity index is 667. The molecule has 2 aromatic carbocycles. The first kappa shape index (κ1) is 17.1. The molecule has 0 atom stereocenters. The van der Waals surface area contributed by atoms with Gasteiger partial charge in [-0.25, -0.2) is 0 Å². The van der Waals surface area contributed by atoms with Gasteiger partial charge in [0.05, 0.1) is 5.56 Å². The van der Waals surface area contributed by atoms with Gasteiger partial charge >= 0.3 is 6.18 Å².